The first kappa shape index (κ1) is 13.5. The summed E-state index contributed by atoms with van der Waals surface area (Å²) in [6, 6.07) is 0.0720. The summed E-state index contributed by atoms with van der Waals surface area (Å²) >= 11 is 0.534. The van der Waals surface area contributed by atoms with Gasteiger partial charge in [0.15, 0.2) is 0 Å². The number of rotatable bonds is 2. The first-order chi connectivity index (χ1) is 8.26. The summed E-state index contributed by atoms with van der Waals surface area (Å²) in [5, 5.41) is 8.95. The molecule has 0 saturated carbocycles. The van der Waals surface area contributed by atoms with Gasteiger partial charge in [0.2, 0.25) is 10.1 Å². The normalized spacial score (nSPS) is 23.9. The second-order valence-electron chi connectivity index (χ2n) is 4.85. The van der Waals surface area contributed by atoms with Gasteiger partial charge in [0.1, 0.15) is 0 Å². The second kappa shape index (κ2) is 4.65. The maximum Gasteiger partial charge on any atom is 0.445 e. The predicted molar refractivity (Wildman–Crippen MR) is 61.6 cm³/mol. The van der Waals surface area contributed by atoms with Gasteiger partial charge < -0.3 is 10.1 Å². The zero-order chi connectivity index (χ0) is 13.4. The van der Waals surface area contributed by atoms with Crippen molar-refractivity contribution >= 4 is 16.5 Å². The number of aromatic nitrogens is 2. The molecule has 4 nitrogen and oxygen atoms in total. The van der Waals surface area contributed by atoms with Crippen LogP contribution in [0.5, 0.6) is 0 Å². The summed E-state index contributed by atoms with van der Waals surface area (Å²) in [5.74, 6) is 0. The van der Waals surface area contributed by atoms with E-state index in [0.717, 1.165) is 12.8 Å². The lowest BCUT2D eigenvalue weighted by atomic mass is 9.94. The molecule has 1 fully saturated rings. The van der Waals surface area contributed by atoms with Gasteiger partial charge in [-0.15, -0.1) is 10.2 Å². The molecule has 0 aliphatic carbocycles. The largest absolute Gasteiger partial charge is 0.445 e. The molecule has 1 aromatic heterocycles. The number of alkyl halides is 3. The van der Waals surface area contributed by atoms with E-state index >= 15 is 0 Å². The lowest BCUT2D eigenvalue weighted by molar-refractivity contribution is -0.138. The third-order valence-electron chi connectivity index (χ3n) is 2.69. The SMILES string of the molecule is CC1(C)CC(Nc2nnc(C(F)(F)F)s2)CCO1. The highest BCUT2D eigenvalue weighted by molar-refractivity contribution is 7.15. The Balaban J connectivity index is 1.99. The molecule has 0 bridgehead atoms. The molecule has 8 heteroatoms. The Bertz CT molecular complexity index is 419. The number of hydrogen-bond acceptors (Lipinski definition) is 5. The molecule has 1 aliphatic rings. The van der Waals surface area contributed by atoms with Gasteiger partial charge >= 0.3 is 6.18 Å². The maximum atomic E-state index is 12.4. The number of anilines is 1. The molecule has 1 unspecified atom stereocenters. The fourth-order valence-electron chi connectivity index (χ4n) is 1.93. The van der Waals surface area contributed by atoms with E-state index in [0.29, 0.717) is 17.9 Å². The molecule has 0 aromatic carbocycles. The standard InChI is InChI=1S/C10H14F3N3OS/c1-9(2)5-6(3-4-17-9)14-8-16-15-7(18-8)10(11,12)13/h6H,3-5H2,1-2H3,(H,14,16). The van der Waals surface area contributed by atoms with Crippen LogP contribution in [0.4, 0.5) is 18.3 Å². The summed E-state index contributed by atoms with van der Waals surface area (Å²) < 4.78 is 42.6. The van der Waals surface area contributed by atoms with Crippen LogP contribution in [0.15, 0.2) is 0 Å². The summed E-state index contributed by atoms with van der Waals surface area (Å²) in [7, 11) is 0. The molecule has 0 spiro atoms. The summed E-state index contributed by atoms with van der Waals surface area (Å²) in [6.07, 6.45) is -2.94. The van der Waals surface area contributed by atoms with Crippen molar-refractivity contribution in [3.63, 3.8) is 0 Å². The predicted octanol–water partition coefficient (Wildman–Crippen LogP) is 2.93. The number of hydrogen-bond donors (Lipinski definition) is 1. The van der Waals surface area contributed by atoms with E-state index in [4.69, 9.17) is 4.74 Å². The van der Waals surface area contributed by atoms with Crippen LogP contribution < -0.4 is 5.32 Å². The van der Waals surface area contributed by atoms with Crippen molar-refractivity contribution in [3.8, 4) is 0 Å². The first-order valence-electron chi connectivity index (χ1n) is 5.57. The minimum absolute atomic E-state index is 0.0720. The summed E-state index contributed by atoms with van der Waals surface area (Å²) in [6.45, 7) is 4.51. The first-order valence-corrected chi connectivity index (χ1v) is 6.39. The molecular formula is C10H14F3N3OS. The fraction of sp³-hybridized carbons (Fsp3) is 0.800. The van der Waals surface area contributed by atoms with Gasteiger partial charge in [-0.1, -0.05) is 11.3 Å². The van der Waals surface area contributed by atoms with Crippen LogP contribution in [0.1, 0.15) is 31.7 Å². The molecule has 0 amide bonds. The van der Waals surface area contributed by atoms with Gasteiger partial charge in [-0.25, -0.2) is 0 Å². The van der Waals surface area contributed by atoms with E-state index in [9.17, 15) is 13.2 Å². The van der Waals surface area contributed by atoms with Crippen LogP contribution in [0.25, 0.3) is 0 Å². The molecule has 2 heterocycles. The Morgan fingerprint density at radius 3 is 2.67 bits per heavy atom. The number of nitrogens with zero attached hydrogens (tertiary/aromatic N) is 2. The molecule has 1 aliphatic heterocycles. The lowest BCUT2D eigenvalue weighted by Crippen LogP contribution is -2.40. The highest BCUT2D eigenvalue weighted by Gasteiger charge is 2.36. The van der Waals surface area contributed by atoms with Gasteiger partial charge in [0.05, 0.1) is 5.60 Å². The van der Waals surface area contributed by atoms with Crippen molar-refractivity contribution in [1.29, 1.82) is 0 Å². The van der Waals surface area contributed by atoms with Gasteiger partial charge in [-0.3, -0.25) is 0 Å². The topological polar surface area (TPSA) is 47.0 Å². The molecule has 1 saturated heterocycles. The Kier molecular flexibility index (Phi) is 3.50. The molecular weight excluding hydrogens is 267 g/mol. The number of halogens is 3. The minimum Gasteiger partial charge on any atom is -0.375 e. The second-order valence-corrected chi connectivity index (χ2v) is 5.83. The Morgan fingerprint density at radius 2 is 2.11 bits per heavy atom. The van der Waals surface area contributed by atoms with Crippen LogP contribution in [-0.4, -0.2) is 28.4 Å². The number of nitrogens with one attached hydrogen (secondary N) is 1. The van der Waals surface area contributed by atoms with Gasteiger partial charge in [-0.05, 0) is 26.7 Å². The van der Waals surface area contributed by atoms with Crippen molar-refractivity contribution < 1.29 is 17.9 Å². The van der Waals surface area contributed by atoms with Crippen LogP contribution in [0.2, 0.25) is 0 Å². The van der Waals surface area contributed by atoms with E-state index in [-0.39, 0.29) is 16.8 Å². The van der Waals surface area contributed by atoms with Crippen LogP contribution >= 0.6 is 11.3 Å². The highest BCUT2D eigenvalue weighted by atomic mass is 32.1. The minimum atomic E-state index is -4.42. The molecule has 102 valence electrons. The molecule has 1 N–H and O–H groups in total. The number of ether oxygens (including phenoxy) is 1. The molecule has 1 aromatic rings. The Hall–Kier alpha value is -0.890. The zero-order valence-electron chi connectivity index (χ0n) is 10.0. The maximum absolute atomic E-state index is 12.4. The average molecular weight is 281 g/mol. The van der Waals surface area contributed by atoms with Crippen molar-refractivity contribution in [1.82, 2.24) is 10.2 Å². The van der Waals surface area contributed by atoms with Crippen LogP contribution in [-0.2, 0) is 10.9 Å². The highest BCUT2D eigenvalue weighted by Crippen LogP contribution is 2.34. The van der Waals surface area contributed by atoms with Crippen LogP contribution in [0, 0.1) is 0 Å². The van der Waals surface area contributed by atoms with Gasteiger partial charge in [-0.2, -0.15) is 13.2 Å². The third-order valence-corrected chi connectivity index (χ3v) is 3.59. The van der Waals surface area contributed by atoms with Crippen molar-refractivity contribution in [2.24, 2.45) is 0 Å². The van der Waals surface area contributed by atoms with E-state index in [1.54, 1.807) is 0 Å². The fourth-order valence-corrected chi connectivity index (χ4v) is 2.61. The molecule has 0 radical (unpaired) electrons. The summed E-state index contributed by atoms with van der Waals surface area (Å²) in [5.41, 5.74) is -0.256. The van der Waals surface area contributed by atoms with Crippen molar-refractivity contribution in [2.75, 3.05) is 11.9 Å². The van der Waals surface area contributed by atoms with E-state index < -0.39 is 11.2 Å². The third kappa shape index (κ3) is 3.32. The van der Waals surface area contributed by atoms with Crippen LogP contribution in [0.3, 0.4) is 0 Å². The Morgan fingerprint density at radius 1 is 1.39 bits per heavy atom. The van der Waals surface area contributed by atoms with E-state index in [1.807, 2.05) is 13.8 Å². The molecule has 1 atom stereocenters. The van der Waals surface area contributed by atoms with Gasteiger partial charge in [0, 0.05) is 12.6 Å². The smallest absolute Gasteiger partial charge is 0.375 e. The van der Waals surface area contributed by atoms with Crippen molar-refractivity contribution in [3.05, 3.63) is 5.01 Å². The molecule has 18 heavy (non-hydrogen) atoms. The quantitative estimate of drug-likeness (QED) is 0.905. The van der Waals surface area contributed by atoms with E-state index in [2.05, 4.69) is 15.5 Å². The van der Waals surface area contributed by atoms with Crippen molar-refractivity contribution in [2.45, 2.75) is 44.5 Å². The molecule has 2 rings (SSSR count). The van der Waals surface area contributed by atoms with Gasteiger partial charge in [0.25, 0.3) is 0 Å². The Labute approximate surface area is 107 Å². The van der Waals surface area contributed by atoms with E-state index in [1.165, 1.54) is 0 Å². The monoisotopic (exact) mass is 281 g/mol. The zero-order valence-corrected chi connectivity index (χ0v) is 10.9. The summed E-state index contributed by atoms with van der Waals surface area (Å²) in [4.78, 5) is 0. The average Bonchev–Trinajstić information content (AvgIpc) is 2.63. The lowest BCUT2D eigenvalue weighted by Gasteiger charge is -2.35.